The second-order valence-corrected chi connectivity index (χ2v) is 3.24. The van der Waals surface area contributed by atoms with Gasteiger partial charge in [-0.15, -0.1) is 0 Å². The van der Waals surface area contributed by atoms with Gasteiger partial charge in [0.1, 0.15) is 12.5 Å². The molecule has 0 saturated carbocycles. The molecule has 0 fully saturated rings. The fourth-order valence-electron chi connectivity index (χ4n) is 1.19. The third-order valence-corrected chi connectivity index (χ3v) is 2.19. The van der Waals surface area contributed by atoms with E-state index in [0.717, 1.165) is 0 Å². The van der Waals surface area contributed by atoms with Crippen LogP contribution in [0, 0.1) is 0 Å². The Morgan fingerprint density at radius 1 is 1.14 bits per heavy atom. The predicted octanol–water partition coefficient (Wildman–Crippen LogP) is 3.16. The van der Waals surface area contributed by atoms with Gasteiger partial charge < -0.3 is 4.42 Å². The predicted molar refractivity (Wildman–Crippen MR) is 53.6 cm³/mol. The number of carbonyl (C=O) groups excluding carboxylic acids is 1. The molecule has 1 aromatic heterocycles. The van der Waals surface area contributed by atoms with Crippen LogP contribution in [0.5, 0.6) is 0 Å². The number of rotatable bonds is 2. The summed E-state index contributed by atoms with van der Waals surface area (Å²) in [5.74, 6) is -0.121. The van der Waals surface area contributed by atoms with Gasteiger partial charge in [-0.3, -0.25) is 4.79 Å². The van der Waals surface area contributed by atoms with E-state index in [0.29, 0.717) is 16.1 Å². The van der Waals surface area contributed by atoms with Crippen molar-refractivity contribution in [1.29, 1.82) is 0 Å². The Morgan fingerprint density at radius 2 is 1.86 bits per heavy atom. The largest absolute Gasteiger partial charge is 0.470 e. The van der Waals surface area contributed by atoms with Crippen molar-refractivity contribution in [2.75, 3.05) is 0 Å². The lowest BCUT2D eigenvalue weighted by Gasteiger charge is -1.96. The fraction of sp³-hybridized carbons (Fsp3) is 0. The van der Waals surface area contributed by atoms with Crippen molar-refractivity contribution in [2.24, 2.45) is 0 Å². The molecule has 0 radical (unpaired) electrons. The number of carbonyl (C=O) groups is 1. The van der Waals surface area contributed by atoms with Gasteiger partial charge in [0, 0.05) is 5.56 Å². The van der Waals surface area contributed by atoms with Crippen molar-refractivity contribution in [3.05, 3.63) is 59.0 Å². The number of benzene rings is 1. The van der Waals surface area contributed by atoms with Crippen LogP contribution in [-0.2, 0) is 0 Å². The number of halogens is 1. The molecular weight excluding hydrogens is 200 g/mol. The van der Waals surface area contributed by atoms with Gasteiger partial charge in [0.25, 0.3) is 0 Å². The Labute approximate surface area is 86.1 Å². The van der Waals surface area contributed by atoms with Gasteiger partial charge in [0.15, 0.2) is 5.78 Å². The average molecular weight is 207 g/mol. The summed E-state index contributed by atoms with van der Waals surface area (Å²) >= 11 is 5.77. The van der Waals surface area contributed by atoms with Crippen LogP contribution in [0.3, 0.4) is 0 Å². The van der Waals surface area contributed by atoms with E-state index in [4.69, 9.17) is 16.0 Å². The summed E-state index contributed by atoms with van der Waals surface area (Å²) in [6.07, 6.45) is 2.70. The van der Waals surface area contributed by atoms with Crippen molar-refractivity contribution < 1.29 is 9.21 Å². The van der Waals surface area contributed by atoms with Crippen LogP contribution in [0.4, 0.5) is 0 Å². The minimum absolute atomic E-state index is 0.121. The van der Waals surface area contributed by atoms with E-state index in [2.05, 4.69) is 0 Å². The van der Waals surface area contributed by atoms with Crippen molar-refractivity contribution in [2.45, 2.75) is 0 Å². The highest BCUT2D eigenvalue weighted by Crippen LogP contribution is 2.20. The van der Waals surface area contributed by atoms with Gasteiger partial charge in [-0.1, -0.05) is 41.9 Å². The van der Waals surface area contributed by atoms with Crippen molar-refractivity contribution in [3.63, 3.8) is 0 Å². The zero-order chi connectivity index (χ0) is 9.97. The Morgan fingerprint density at radius 3 is 2.43 bits per heavy atom. The summed E-state index contributed by atoms with van der Waals surface area (Å²) in [5.41, 5.74) is 1.01. The summed E-state index contributed by atoms with van der Waals surface area (Å²) in [6, 6.07) is 8.95. The first kappa shape index (κ1) is 9.03. The molecule has 1 aromatic carbocycles. The molecule has 14 heavy (non-hydrogen) atoms. The molecule has 2 nitrogen and oxygen atoms in total. The average Bonchev–Trinajstić information content (AvgIpc) is 2.65. The summed E-state index contributed by atoms with van der Waals surface area (Å²) in [6.45, 7) is 0. The van der Waals surface area contributed by atoms with E-state index in [1.54, 1.807) is 24.3 Å². The van der Waals surface area contributed by atoms with Crippen molar-refractivity contribution in [1.82, 2.24) is 0 Å². The topological polar surface area (TPSA) is 30.2 Å². The zero-order valence-electron chi connectivity index (χ0n) is 7.24. The van der Waals surface area contributed by atoms with Crippen molar-refractivity contribution in [3.8, 4) is 0 Å². The van der Waals surface area contributed by atoms with Crippen molar-refractivity contribution >= 4 is 17.4 Å². The molecule has 0 atom stereocenters. The lowest BCUT2D eigenvalue weighted by atomic mass is 10.1. The van der Waals surface area contributed by atoms with Crippen LogP contribution >= 0.6 is 11.6 Å². The van der Waals surface area contributed by atoms with Gasteiger partial charge in [-0.25, -0.2) is 0 Å². The number of hydrogen-bond acceptors (Lipinski definition) is 2. The Bertz CT molecular complexity index is 445. The second kappa shape index (κ2) is 3.68. The third kappa shape index (κ3) is 1.56. The molecule has 0 aliphatic heterocycles. The Balaban J connectivity index is 2.39. The quantitative estimate of drug-likeness (QED) is 0.707. The monoisotopic (exact) mass is 206 g/mol. The first-order chi connectivity index (χ1) is 6.79. The van der Waals surface area contributed by atoms with E-state index in [1.807, 2.05) is 6.07 Å². The zero-order valence-corrected chi connectivity index (χ0v) is 7.99. The van der Waals surface area contributed by atoms with Gasteiger partial charge in [-0.2, -0.15) is 0 Å². The second-order valence-electron chi connectivity index (χ2n) is 2.83. The minimum Gasteiger partial charge on any atom is -0.470 e. The standard InChI is InChI=1S/C11H7ClO2/c12-10-7-14-6-9(10)11(13)8-4-2-1-3-5-8/h1-7H. The van der Waals surface area contributed by atoms with Gasteiger partial charge in [0.05, 0.1) is 10.6 Å². The maximum Gasteiger partial charge on any atom is 0.197 e. The highest BCUT2D eigenvalue weighted by atomic mass is 35.5. The molecule has 2 aromatic rings. The highest BCUT2D eigenvalue weighted by molar-refractivity contribution is 6.34. The van der Waals surface area contributed by atoms with E-state index in [1.165, 1.54) is 12.5 Å². The van der Waals surface area contributed by atoms with Crippen LogP contribution in [-0.4, -0.2) is 5.78 Å². The fourth-order valence-corrected chi connectivity index (χ4v) is 1.37. The molecule has 0 N–H and O–H groups in total. The molecule has 3 heteroatoms. The van der Waals surface area contributed by atoms with Gasteiger partial charge in [-0.05, 0) is 0 Å². The third-order valence-electron chi connectivity index (χ3n) is 1.90. The van der Waals surface area contributed by atoms with Crippen LogP contribution in [0.15, 0.2) is 47.3 Å². The molecule has 70 valence electrons. The maximum atomic E-state index is 11.8. The molecule has 1 heterocycles. The smallest absolute Gasteiger partial charge is 0.197 e. The molecule has 0 spiro atoms. The van der Waals surface area contributed by atoms with Crippen LogP contribution < -0.4 is 0 Å². The van der Waals surface area contributed by atoms with Crippen LogP contribution in [0.2, 0.25) is 5.02 Å². The van der Waals surface area contributed by atoms with Gasteiger partial charge >= 0.3 is 0 Å². The summed E-state index contributed by atoms with van der Waals surface area (Å²) < 4.78 is 4.84. The lowest BCUT2D eigenvalue weighted by Crippen LogP contribution is -1.99. The number of ketones is 1. The molecule has 0 aliphatic rings. The first-order valence-electron chi connectivity index (χ1n) is 4.10. The van der Waals surface area contributed by atoms with E-state index >= 15 is 0 Å². The number of furan rings is 1. The molecule has 2 rings (SSSR count). The molecular formula is C11H7ClO2. The maximum absolute atomic E-state index is 11.8. The molecule has 0 saturated heterocycles. The summed E-state index contributed by atoms with van der Waals surface area (Å²) in [7, 11) is 0. The normalized spacial score (nSPS) is 10.1. The first-order valence-corrected chi connectivity index (χ1v) is 4.48. The van der Waals surface area contributed by atoms with Crippen LogP contribution in [0.25, 0.3) is 0 Å². The van der Waals surface area contributed by atoms with Gasteiger partial charge in [0.2, 0.25) is 0 Å². The van der Waals surface area contributed by atoms with E-state index in [-0.39, 0.29) is 5.78 Å². The Hall–Kier alpha value is -1.54. The Kier molecular flexibility index (Phi) is 2.37. The minimum atomic E-state index is -0.121. The summed E-state index contributed by atoms with van der Waals surface area (Å²) in [4.78, 5) is 11.8. The lowest BCUT2D eigenvalue weighted by molar-refractivity contribution is 0.103. The van der Waals surface area contributed by atoms with E-state index in [9.17, 15) is 4.79 Å². The molecule has 0 amide bonds. The molecule has 0 unspecified atom stereocenters. The highest BCUT2D eigenvalue weighted by Gasteiger charge is 2.13. The molecule has 0 bridgehead atoms. The molecule has 0 aliphatic carbocycles. The SMILES string of the molecule is O=C(c1ccccc1)c1cocc1Cl. The summed E-state index contributed by atoms with van der Waals surface area (Å²) in [5, 5.41) is 0.346. The van der Waals surface area contributed by atoms with E-state index < -0.39 is 0 Å². The van der Waals surface area contributed by atoms with Crippen LogP contribution in [0.1, 0.15) is 15.9 Å². The number of hydrogen-bond donors (Lipinski definition) is 0.